The van der Waals surface area contributed by atoms with Crippen LogP contribution in [-0.2, 0) is 19.7 Å². The second-order valence-electron chi connectivity index (χ2n) is 11.7. The summed E-state index contributed by atoms with van der Waals surface area (Å²) < 4.78 is 72.8. The third kappa shape index (κ3) is 8.55. The molecule has 44 heavy (non-hydrogen) atoms. The monoisotopic (exact) mass is 686 g/mol. The molecule has 0 saturated heterocycles. The zero-order valence-electron chi connectivity index (χ0n) is 24.9. The smallest absolute Gasteiger partial charge is 0.428 e. The molecule has 238 valence electrons. The second-order valence-corrected chi connectivity index (χ2v) is 12.6. The van der Waals surface area contributed by atoms with Crippen molar-refractivity contribution in [2.45, 2.75) is 71.6 Å². The number of carbonyl (C=O) groups excluding carboxylic acids is 3. The van der Waals surface area contributed by atoms with Crippen LogP contribution in [0, 0.1) is 5.82 Å². The molecule has 2 heterocycles. The van der Waals surface area contributed by atoms with E-state index in [1.807, 2.05) is 0 Å². The average Bonchev–Trinajstić information content (AvgIpc) is 2.87. The standard InChI is InChI=1S/C29H31BrF4N4O6/c1-27(2,3)43-25(40)38(26(41)44-28(4,5)6)24-37-29(7,12-17(13-31)42-24)19-11-16(8-9-20(19)32)36-23(39)21-18(22(33)34)10-15(30)14-35-21/h8-12,14,22H,13H2,1-7H3,(H,36,39)/t29-/m0/s1. The number of hydrogen-bond donors (Lipinski definition) is 1. The summed E-state index contributed by atoms with van der Waals surface area (Å²) in [6.45, 7) is 9.36. The van der Waals surface area contributed by atoms with Crippen LogP contribution in [0.5, 0.6) is 0 Å². The number of anilines is 1. The zero-order valence-corrected chi connectivity index (χ0v) is 26.5. The number of amides is 3. The summed E-state index contributed by atoms with van der Waals surface area (Å²) in [6.07, 6.45) is -3.24. The molecule has 1 N–H and O–H groups in total. The Morgan fingerprint density at radius 3 is 2.18 bits per heavy atom. The van der Waals surface area contributed by atoms with Crippen molar-refractivity contribution in [1.82, 2.24) is 9.88 Å². The molecule has 1 aromatic carbocycles. The lowest BCUT2D eigenvalue weighted by Gasteiger charge is -2.33. The van der Waals surface area contributed by atoms with E-state index >= 15 is 4.39 Å². The fraction of sp³-hybridized carbons (Fsp3) is 0.414. The largest absolute Gasteiger partial charge is 0.443 e. The van der Waals surface area contributed by atoms with Gasteiger partial charge in [0.2, 0.25) is 0 Å². The lowest BCUT2D eigenvalue weighted by atomic mass is 9.90. The molecule has 1 atom stereocenters. The number of aliphatic imine (C=N–C) groups is 1. The minimum absolute atomic E-state index is 0.0489. The molecule has 0 saturated carbocycles. The number of alkyl halides is 3. The number of hydrogen-bond acceptors (Lipinski definition) is 8. The summed E-state index contributed by atoms with van der Waals surface area (Å²) in [7, 11) is 0. The summed E-state index contributed by atoms with van der Waals surface area (Å²) in [6, 6.07) is 3.55. The van der Waals surface area contributed by atoms with E-state index in [1.54, 1.807) is 41.5 Å². The van der Waals surface area contributed by atoms with Crippen molar-refractivity contribution in [3.05, 3.63) is 69.4 Å². The highest BCUT2D eigenvalue weighted by molar-refractivity contribution is 9.10. The fourth-order valence-electron chi connectivity index (χ4n) is 3.85. The van der Waals surface area contributed by atoms with Crippen molar-refractivity contribution in [3.8, 4) is 0 Å². The van der Waals surface area contributed by atoms with Gasteiger partial charge in [0.15, 0.2) is 0 Å². The molecule has 0 aliphatic carbocycles. The number of nitrogens with one attached hydrogen (secondary N) is 1. The molecule has 0 radical (unpaired) electrons. The topological polar surface area (TPSA) is 119 Å². The van der Waals surface area contributed by atoms with Crippen LogP contribution in [0.4, 0.5) is 32.8 Å². The maximum atomic E-state index is 15.3. The summed E-state index contributed by atoms with van der Waals surface area (Å²) in [5.41, 5.74) is -5.49. The Hall–Kier alpha value is -4.01. The molecule has 0 spiro atoms. The maximum Gasteiger partial charge on any atom is 0.428 e. The van der Waals surface area contributed by atoms with Gasteiger partial charge in [-0.05, 0) is 94.7 Å². The molecular formula is C29H31BrF4N4O6. The Kier molecular flexibility index (Phi) is 10.1. The van der Waals surface area contributed by atoms with Crippen LogP contribution in [0.3, 0.4) is 0 Å². The number of carbonyl (C=O) groups is 3. The maximum absolute atomic E-state index is 15.3. The number of amidine groups is 1. The molecule has 1 aliphatic heterocycles. The number of nitrogens with zero attached hydrogens (tertiary/aromatic N) is 3. The predicted octanol–water partition coefficient (Wildman–Crippen LogP) is 7.80. The van der Waals surface area contributed by atoms with Crippen molar-refractivity contribution >= 4 is 45.7 Å². The van der Waals surface area contributed by atoms with E-state index in [0.717, 1.165) is 24.3 Å². The van der Waals surface area contributed by atoms with Crippen LogP contribution in [0.1, 0.15) is 76.5 Å². The van der Waals surface area contributed by atoms with E-state index in [1.165, 1.54) is 19.2 Å². The first kappa shape index (κ1) is 34.5. The molecule has 10 nitrogen and oxygen atoms in total. The molecule has 0 fully saturated rings. The fourth-order valence-corrected chi connectivity index (χ4v) is 4.20. The lowest BCUT2D eigenvalue weighted by Crippen LogP contribution is -2.49. The first-order valence-corrected chi connectivity index (χ1v) is 13.9. The number of aromatic nitrogens is 1. The van der Waals surface area contributed by atoms with E-state index < -0.39 is 76.8 Å². The van der Waals surface area contributed by atoms with Gasteiger partial charge in [-0.1, -0.05) is 0 Å². The molecule has 1 aliphatic rings. The molecule has 2 aromatic rings. The van der Waals surface area contributed by atoms with Gasteiger partial charge in [-0.15, -0.1) is 4.90 Å². The summed E-state index contributed by atoms with van der Waals surface area (Å²) in [5.74, 6) is -2.31. The first-order valence-electron chi connectivity index (χ1n) is 13.1. The molecule has 1 aromatic heterocycles. The summed E-state index contributed by atoms with van der Waals surface area (Å²) >= 11 is 3.03. The Morgan fingerprint density at radius 2 is 1.66 bits per heavy atom. The van der Waals surface area contributed by atoms with Gasteiger partial charge in [0.05, 0.1) is 5.56 Å². The van der Waals surface area contributed by atoms with Crippen LogP contribution in [-0.4, -0.2) is 51.9 Å². The molecule has 3 amide bonds. The second kappa shape index (κ2) is 12.9. The lowest BCUT2D eigenvalue weighted by molar-refractivity contribution is 0.0105. The Balaban J connectivity index is 2.09. The quantitative estimate of drug-likeness (QED) is 0.319. The number of imide groups is 1. The number of halogens is 5. The number of allylic oxidation sites excluding steroid dienone is 1. The van der Waals surface area contributed by atoms with Crippen molar-refractivity contribution in [2.24, 2.45) is 4.99 Å². The van der Waals surface area contributed by atoms with Gasteiger partial charge in [-0.3, -0.25) is 4.79 Å². The minimum atomic E-state index is -3.01. The van der Waals surface area contributed by atoms with Crippen LogP contribution < -0.4 is 5.32 Å². The van der Waals surface area contributed by atoms with Gasteiger partial charge in [-0.25, -0.2) is 37.1 Å². The number of pyridine rings is 1. The highest BCUT2D eigenvalue weighted by atomic mass is 79.9. The van der Waals surface area contributed by atoms with Crippen molar-refractivity contribution in [1.29, 1.82) is 0 Å². The van der Waals surface area contributed by atoms with Gasteiger partial charge in [-0.2, -0.15) is 0 Å². The van der Waals surface area contributed by atoms with E-state index in [4.69, 9.17) is 14.2 Å². The van der Waals surface area contributed by atoms with Crippen LogP contribution in [0.2, 0.25) is 0 Å². The highest BCUT2D eigenvalue weighted by Gasteiger charge is 2.42. The molecule has 15 heteroatoms. The van der Waals surface area contributed by atoms with E-state index in [0.29, 0.717) is 4.90 Å². The van der Waals surface area contributed by atoms with Gasteiger partial charge in [0.25, 0.3) is 12.3 Å². The Bertz CT molecular complexity index is 1490. The normalized spacial score (nSPS) is 16.8. The van der Waals surface area contributed by atoms with Crippen LogP contribution >= 0.6 is 15.9 Å². The molecule has 0 bridgehead atoms. The van der Waals surface area contributed by atoms with E-state index in [2.05, 4.69) is 31.2 Å². The number of rotatable bonds is 5. The van der Waals surface area contributed by atoms with Crippen LogP contribution in [0.25, 0.3) is 0 Å². The SMILES string of the molecule is CC(C)(C)OC(=O)N(C(=O)OC(C)(C)C)C1=N[C@](C)(c2cc(NC(=O)c3ncc(Br)cc3C(F)F)ccc2F)C=C(CF)O1. The van der Waals surface area contributed by atoms with Gasteiger partial charge in [0.1, 0.15) is 40.7 Å². The van der Waals surface area contributed by atoms with E-state index in [-0.39, 0.29) is 15.7 Å². The Morgan fingerprint density at radius 1 is 1.07 bits per heavy atom. The van der Waals surface area contributed by atoms with Gasteiger partial charge < -0.3 is 19.5 Å². The van der Waals surface area contributed by atoms with Crippen molar-refractivity contribution in [3.63, 3.8) is 0 Å². The zero-order chi connectivity index (χ0) is 33.2. The third-order valence-electron chi connectivity index (χ3n) is 5.57. The van der Waals surface area contributed by atoms with Gasteiger partial charge in [0, 0.05) is 21.9 Å². The van der Waals surface area contributed by atoms with E-state index in [9.17, 15) is 27.6 Å². The number of benzene rings is 1. The molecular weight excluding hydrogens is 656 g/mol. The summed E-state index contributed by atoms with van der Waals surface area (Å²) in [4.78, 5) is 47.6. The highest BCUT2D eigenvalue weighted by Crippen LogP contribution is 2.37. The first-order chi connectivity index (χ1) is 20.2. The van der Waals surface area contributed by atoms with Crippen LogP contribution in [0.15, 0.2) is 51.8 Å². The third-order valence-corrected chi connectivity index (χ3v) is 6.00. The van der Waals surface area contributed by atoms with Crippen molar-refractivity contribution in [2.75, 3.05) is 12.0 Å². The average molecular weight is 687 g/mol. The Labute approximate surface area is 259 Å². The molecule has 0 unspecified atom stereocenters. The molecule has 3 rings (SSSR count). The van der Waals surface area contributed by atoms with Gasteiger partial charge >= 0.3 is 18.2 Å². The van der Waals surface area contributed by atoms with Crippen molar-refractivity contribution < 1.29 is 46.2 Å². The summed E-state index contributed by atoms with van der Waals surface area (Å²) in [5, 5.41) is 2.39. The number of ether oxygens (including phenoxy) is 3. The minimum Gasteiger partial charge on any atom is -0.443 e. The predicted molar refractivity (Wildman–Crippen MR) is 155 cm³/mol.